The summed E-state index contributed by atoms with van der Waals surface area (Å²) in [4.78, 5) is 29.1. The molecule has 3 aromatic rings. The third-order valence-electron chi connectivity index (χ3n) is 8.49. The lowest BCUT2D eigenvalue weighted by Gasteiger charge is -2.35. The van der Waals surface area contributed by atoms with Crippen LogP contribution < -0.4 is 15.6 Å². The van der Waals surface area contributed by atoms with Crippen LogP contribution >= 0.6 is 0 Å². The Kier molecular flexibility index (Phi) is 10.6. The topological polar surface area (TPSA) is 123 Å². The van der Waals surface area contributed by atoms with E-state index >= 15 is 0 Å². The van der Waals surface area contributed by atoms with E-state index in [1.807, 2.05) is 31.2 Å². The molecule has 42 heavy (non-hydrogen) atoms. The summed E-state index contributed by atoms with van der Waals surface area (Å²) in [6.07, 6.45) is 1.97. The van der Waals surface area contributed by atoms with Crippen LogP contribution in [0.4, 0.5) is 0 Å². The Hall–Kier alpha value is -2.99. The molecule has 0 bridgehead atoms. The van der Waals surface area contributed by atoms with E-state index in [0.717, 1.165) is 29.4 Å². The number of ketones is 1. The fourth-order valence-electron chi connectivity index (χ4n) is 6.21. The van der Waals surface area contributed by atoms with Crippen LogP contribution in [0.2, 0.25) is 0 Å². The monoisotopic (exact) mass is 600 g/mol. The first-order chi connectivity index (χ1) is 20.1. The number of fused-ring (bicyclic) bond motifs is 1. The van der Waals surface area contributed by atoms with Gasteiger partial charge in [0.25, 0.3) is 5.56 Å². The largest absolute Gasteiger partial charge is 0.496 e. The van der Waals surface area contributed by atoms with Crippen LogP contribution in [-0.2, 0) is 21.2 Å². The molecule has 0 amide bonds. The van der Waals surface area contributed by atoms with Gasteiger partial charge in [-0.1, -0.05) is 18.2 Å². The summed E-state index contributed by atoms with van der Waals surface area (Å²) in [6.45, 7) is 8.50. The second-order valence-corrected chi connectivity index (χ2v) is 13.2. The van der Waals surface area contributed by atoms with Crippen LogP contribution in [0.5, 0.6) is 5.75 Å². The fourth-order valence-corrected chi connectivity index (χ4v) is 7.64. The molecule has 3 heterocycles. The molecule has 0 radical (unpaired) electrons. The highest BCUT2D eigenvalue weighted by atomic mass is 32.2. The van der Waals surface area contributed by atoms with Gasteiger partial charge in [0.05, 0.1) is 25.0 Å². The zero-order chi connectivity index (χ0) is 30.4. The number of piperidine rings is 1. The highest BCUT2D eigenvalue weighted by Gasteiger charge is 2.32. The number of para-hydroxylation sites is 1. The van der Waals surface area contributed by atoms with E-state index in [2.05, 4.69) is 21.8 Å². The second kappa shape index (κ2) is 14.0. The third kappa shape index (κ3) is 6.96. The van der Waals surface area contributed by atoms with Crippen LogP contribution in [0, 0.1) is 19.8 Å². The van der Waals surface area contributed by atoms with Gasteiger partial charge in [-0.2, -0.15) is 0 Å². The summed E-state index contributed by atoms with van der Waals surface area (Å²) in [6, 6.07) is 9.79. The maximum Gasteiger partial charge on any atom is 0.255 e. The minimum Gasteiger partial charge on any atom is -0.496 e. The maximum atomic E-state index is 13.7. The van der Waals surface area contributed by atoms with Crippen molar-refractivity contribution in [3.63, 3.8) is 0 Å². The van der Waals surface area contributed by atoms with Gasteiger partial charge in [-0.3, -0.25) is 9.59 Å². The van der Waals surface area contributed by atoms with Crippen LogP contribution in [0.15, 0.2) is 35.1 Å². The summed E-state index contributed by atoms with van der Waals surface area (Å²) in [7, 11) is -0.182. The van der Waals surface area contributed by atoms with E-state index in [1.165, 1.54) is 7.11 Å². The first kappa shape index (κ1) is 31.9. The normalized spacial score (nSPS) is 15.7. The molecule has 0 saturated carbocycles. The molecule has 1 saturated heterocycles. The van der Waals surface area contributed by atoms with Gasteiger partial charge >= 0.3 is 0 Å². The fraction of sp³-hybridized carbons (Fsp3) is 0.548. The molecule has 0 aliphatic carbocycles. The van der Waals surface area contributed by atoms with E-state index in [1.54, 1.807) is 24.4 Å². The van der Waals surface area contributed by atoms with Gasteiger partial charge < -0.3 is 24.3 Å². The van der Waals surface area contributed by atoms with Crippen molar-refractivity contribution in [1.82, 2.24) is 19.2 Å². The number of Topliss-reactive ketones (excluding diaryl/α,β-unsaturated/α-hetero) is 1. The van der Waals surface area contributed by atoms with Gasteiger partial charge in [-0.05, 0) is 58.1 Å². The van der Waals surface area contributed by atoms with E-state index in [4.69, 9.17) is 9.47 Å². The van der Waals surface area contributed by atoms with E-state index in [9.17, 15) is 18.0 Å². The number of benzene rings is 1. The predicted molar refractivity (Wildman–Crippen MR) is 165 cm³/mol. The number of methoxy groups -OCH3 is 2. The molecule has 1 aliphatic rings. The Labute approximate surface area is 248 Å². The number of rotatable bonds is 14. The lowest BCUT2D eigenvalue weighted by Crippen LogP contribution is -2.42. The van der Waals surface area contributed by atoms with Crippen LogP contribution in [0.25, 0.3) is 10.9 Å². The number of nitrogens with zero attached hydrogens (tertiary/aromatic N) is 2. The number of sulfonamides is 1. The summed E-state index contributed by atoms with van der Waals surface area (Å²) < 4.78 is 40.1. The Bertz CT molecular complexity index is 1550. The van der Waals surface area contributed by atoms with Crippen molar-refractivity contribution in [2.75, 3.05) is 52.8 Å². The van der Waals surface area contributed by atoms with Crippen LogP contribution in [0.1, 0.15) is 59.5 Å². The van der Waals surface area contributed by atoms with Crippen LogP contribution in [0.3, 0.4) is 0 Å². The van der Waals surface area contributed by atoms with Gasteiger partial charge in [0.1, 0.15) is 5.75 Å². The Morgan fingerprint density at radius 2 is 1.86 bits per heavy atom. The molecule has 11 heteroatoms. The molecule has 1 fully saturated rings. The average molecular weight is 601 g/mol. The molecule has 4 rings (SSSR count). The maximum absolute atomic E-state index is 13.7. The summed E-state index contributed by atoms with van der Waals surface area (Å²) in [5.41, 5.74) is 3.52. The molecule has 1 aromatic carbocycles. The molecule has 230 valence electrons. The quantitative estimate of drug-likeness (QED) is 0.214. The van der Waals surface area contributed by atoms with Crippen molar-refractivity contribution in [2.24, 2.45) is 5.92 Å². The number of carbonyl (C=O) groups excluding carboxylic acids is 1. The van der Waals surface area contributed by atoms with Gasteiger partial charge in [-0.15, -0.1) is 0 Å². The number of carbonyl (C=O) groups is 1. The minimum absolute atomic E-state index is 0.0169. The SMILES string of the molecule is COCCNCCS(=O)(=O)N1CCC([C@@H](C)n2c(C)c(C(=O)CCc3c(OC)cc(C)[nH]c3=O)c3ccccc32)CC1. The number of aryl methyl sites for hydroxylation is 1. The number of H-pyrrole nitrogens is 1. The second-order valence-electron chi connectivity index (χ2n) is 11.1. The first-order valence-electron chi connectivity index (χ1n) is 14.7. The minimum atomic E-state index is -3.33. The van der Waals surface area contributed by atoms with E-state index in [-0.39, 0.29) is 41.9 Å². The van der Waals surface area contributed by atoms with Crippen molar-refractivity contribution in [2.45, 2.75) is 52.5 Å². The molecule has 0 spiro atoms. The Morgan fingerprint density at radius 3 is 2.55 bits per heavy atom. The molecule has 1 atom stereocenters. The number of pyridine rings is 1. The van der Waals surface area contributed by atoms with E-state index < -0.39 is 10.0 Å². The lowest BCUT2D eigenvalue weighted by atomic mass is 9.91. The van der Waals surface area contributed by atoms with Crippen molar-refractivity contribution in [3.8, 4) is 5.75 Å². The third-order valence-corrected chi connectivity index (χ3v) is 10.4. The standard InChI is InChI=1S/C31H44N4O6S/c1-21-20-29(41-5)26(31(37)33-21)10-11-28(36)30-23(3)35(27-9-7-6-8-25(27)30)22(2)24-12-16-34(17-13-24)42(38,39)19-15-32-14-18-40-4/h6-9,20,22,24,32H,10-19H2,1-5H3,(H,33,37)/t22-/m1/s1. The smallest absolute Gasteiger partial charge is 0.255 e. The van der Waals surface area contributed by atoms with Crippen LogP contribution in [-0.4, -0.2) is 80.8 Å². The number of hydrogen-bond acceptors (Lipinski definition) is 7. The lowest BCUT2D eigenvalue weighted by molar-refractivity contribution is 0.0983. The molecule has 1 aliphatic heterocycles. The average Bonchev–Trinajstić information content (AvgIpc) is 3.27. The highest BCUT2D eigenvalue weighted by Crippen LogP contribution is 2.36. The van der Waals surface area contributed by atoms with Gasteiger partial charge in [-0.25, -0.2) is 12.7 Å². The molecular formula is C31H44N4O6S. The van der Waals surface area contributed by atoms with Crippen molar-refractivity contribution < 1.29 is 22.7 Å². The summed E-state index contributed by atoms with van der Waals surface area (Å²) in [5.74, 6) is 0.817. The zero-order valence-electron chi connectivity index (χ0n) is 25.4. The van der Waals surface area contributed by atoms with Crippen molar-refractivity contribution in [1.29, 1.82) is 0 Å². The summed E-state index contributed by atoms with van der Waals surface area (Å²) in [5, 5.41) is 4.01. The molecule has 10 nitrogen and oxygen atoms in total. The number of hydrogen-bond donors (Lipinski definition) is 2. The molecular weight excluding hydrogens is 556 g/mol. The van der Waals surface area contributed by atoms with Gasteiger partial charge in [0, 0.05) is 73.6 Å². The molecule has 0 unspecified atom stereocenters. The number of nitrogens with one attached hydrogen (secondary N) is 2. The molecule has 2 N–H and O–H groups in total. The number of aromatic nitrogens is 2. The molecule has 2 aromatic heterocycles. The van der Waals surface area contributed by atoms with Gasteiger partial charge in [0.15, 0.2) is 5.78 Å². The summed E-state index contributed by atoms with van der Waals surface area (Å²) >= 11 is 0. The Balaban J connectivity index is 1.49. The van der Waals surface area contributed by atoms with Gasteiger partial charge in [0.2, 0.25) is 10.0 Å². The number of ether oxygens (including phenoxy) is 2. The van der Waals surface area contributed by atoms with Crippen molar-refractivity contribution in [3.05, 3.63) is 63.2 Å². The zero-order valence-corrected chi connectivity index (χ0v) is 26.2. The number of aromatic amines is 1. The highest BCUT2D eigenvalue weighted by molar-refractivity contribution is 7.89. The Morgan fingerprint density at radius 1 is 1.14 bits per heavy atom. The predicted octanol–water partition coefficient (Wildman–Crippen LogP) is 3.61. The first-order valence-corrected chi connectivity index (χ1v) is 16.3. The van der Waals surface area contributed by atoms with E-state index in [0.29, 0.717) is 55.4 Å². The van der Waals surface area contributed by atoms with Crippen molar-refractivity contribution >= 4 is 26.7 Å².